The van der Waals surface area contributed by atoms with Crippen LogP contribution in [-0.4, -0.2) is 23.9 Å². The Morgan fingerprint density at radius 2 is 2.15 bits per heavy atom. The molecule has 1 aromatic carbocycles. The van der Waals surface area contributed by atoms with Crippen molar-refractivity contribution in [3.05, 3.63) is 33.9 Å². The number of nitrogens with zero attached hydrogens (tertiary/aromatic N) is 1. The maximum atomic E-state index is 12.2. The predicted molar refractivity (Wildman–Crippen MR) is 79.1 cm³/mol. The first kappa shape index (κ1) is 15.9. The Morgan fingerprint density at radius 3 is 2.70 bits per heavy atom. The number of nitro benzene ring substituents is 1. The van der Waals surface area contributed by atoms with Crippen LogP contribution in [0, 0.1) is 10.1 Å². The van der Waals surface area contributed by atoms with Gasteiger partial charge in [0.2, 0.25) is 0 Å². The maximum absolute atomic E-state index is 12.2. The first-order chi connectivity index (χ1) is 9.51. The summed E-state index contributed by atoms with van der Waals surface area (Å²) in [6, 6.07) is 4.68. The molecule has 0 bridgehead atoms. The van der Waals surface area contributed by atoms with Gasteiger partial charge in [-0.2, -0.15) is 0 Å². The zero-order valence-electron chi connectivity index (χ0n) is 12.1. The lowest BCUT2D eigenvalue weighted by Crippen LogP contribution is -2.33. The van der Waals surface area contributed by atoms with Crippen molar-refractivity contribution in [1.82, 2.24) is 5.32 Å². The molecule has 6 heteroatoms. The Labute approximate surface area is 118 Å². The van der Waals surface area contributed by atoms with Crippen molar-refractivity contribution in [3.8, 4) is 0 Å². The van der Waals surface area contributed by atoms with Crippen molar-refractivity contribution in [2.75, 3.05) is 12.4 Å². The van der Waals surface area contributed by atoms with Crippen molar-refractivity contribution >= 4 is 17.3 Å². The second kappa shape index (κ2) is 7.47. The zero-order valence-corrected chi connectivity index (χ0v) is 12.1. The molecule has 1 aromatic rings. The number of rotatable bonds is 7. The van der Waals surface area contributed by atoms with E-state index in [1.54, 1.807) is 19.2 Å². The van der Waals surface area contributed by atoms with Gasteiger partial charge in [-0.3, -0.25) is 14.9 Å². The van der Waals surface area contributed by atoms with E-state index < -0.39 is 10.8 Å². The summed E-state index contributed by atoms with van der Waals surface area (Å²) >= 11 is 0. The molecule has 0 aromatic heterocycles. The van der Waals surface area contributed by atoms with Crippen molar-refractivity contribution in [3.63, 3.8) is 0 Å². The molecular weight excluding hydrogens is 258 g/mol. The molecule has 1 unspecified atom stereocenters. The minimum atomic E-state index is -0.530. The van der Waals surface area contributed by atoms with Crippen LogP contribution < -0.4 is 10.6 Å². The van der Waals surface area contributed by atoms with Crippen LogP contribution in [0.3, 0.4) is 0 Å². The Hall–Kier alpha value is -2.11. The number of carbonyl (C=O) groups is 1. The van der Waals surface area contributed by atoms with E-state index >= 15 is 0 Å². The molecule has 0 aliphatic rings. The van der Waals surface area contributed by atoms with E-state index in [0.717, 1.165) is 19.3 Å². The van der Waals surface area contributed by atoms with Crippen LogP contribution >= 0.6 is 0 Å². The van der Waals surface area contributed by atoms with Gasteiger partial charge in [0, 0.05) is 13.1 Å². The van der Waals surface area contributed by atoms with E-state index in [0.29, 0.717) is 5.69 Å². The Kier molecular flexibility index (Phi) is 5.96. The minimum Gasteiger partial charge on any atom is -0.383 e. The van der Waals surface area contributed by atoms with Crippen molar-refractivity contribution in [2.45, 2.75) is 39.2 Å². The summed E-state index contributed by atoms with van der Waals surface area (Å²) in [5.74, 6) is -0.405. The van der Waals surface area contributed by atoms with Gasteiger partial charge < -0.3 is 10.6 Å². The summed E-state index contributed by atoms with van der Waals surface area (Å²) in [5.41, 5.74) is 0.240. The Morgan fingerprint density at radius 1 is 1.45 bits per heavy atom. The highest BCUT2D eigenvalue weighted by molar-refractivity contribution is 6.00. The molecule has 0 saturated heterocycles. The lowest BCUT2D eigenvalue weighted by Gasteiger charge is -2.14. The van der Waals surface area contributed by atoms with Gasteiger partial charge in [-0.25, -0.2) is 0 Å². The SMILES string of the molecule is CCCCC(C)NC(=O)c1cccc(NC)c1[N+](=O)[O-]. The molecule has 1 rings (SSSR count). The van der Waals surface area contributed by atoms with Gasteiger partial charge in [0.05, 0.1) is 4.92 Å². The third-order valence-electron chi connectivity index (χ3n) is 3.10. The molecule has 0 aliphatic carbocycles. The molecular formula is C14H21N3O3. The number of unbranched alkanes of at least 4 members (excludes halogenated alkanes) is 1. The molecule has 6 nitrogen and oxygen atoms in total. The van der Waals surface area contributed by atoms with Crippen LogP contribution in [0.25, 0.3) is 0 Å². The summed E-state index contributed by atoms with van der Waals surface area (Å²) in [6.45, 7) is 3.98. The number of hydrogen-bond donors (Lipinski definition) is 2. The van der Waals surface area contributed by atoms with Crippen LogP contribution in [0.15, 0.2) is 18.2 Å². The van der Waals surface area contributed by atoms with Crippen molar-refractivity contribution in [2.24, 2.45) is 0 Å². The predicted octanol–water partition coefficient (Wildman–Crippen LogP) is 2.95. The quantitative estimate of drug-likeness (QED) is 0.593. The highest BCUT2D eigenvalue weighted by atomic mass is 16.6. The van der Waals surface area contributed by atoms with Crippen LogP contribution in [0.5, 0.6) is 0 Å². The molecule has 1 atom stereocenters. The van der Waals surface area contributed by atoms with Gasteiger partial charge in [-0.1, -0.05) is 25.8 Å². The summed E-state index contributed by atoms with van der Waals surface area (Å²) < 4.78 is 0. The number of nitrogens with one attached hydrogen (secondary N) is 2. The fourth-order valence-corrected chi connectivity index (χ4v) is 2.01. The highest BCUT2D eigenvalue weighted by Crippen LogP contribution is 2.28. The first-order valence-electron chi connectivity index (χ1n) is 6.77. The molecule has 0 spiro atoms. The number of benzene rings is 1. The Balaban J connectivity index is 2.95. The van der Waals surface area contributed by atoms with E-state index in [-0.39, 0.29) is 17.3 Å². The number of nitro groups is 1. The number of anilines is 1. The molecule has 2 N–H and O–H groups in total. The second-order valence-electron chi connectivity index (χ2n) is 4.73. The van der Waals surface area contributed by atoms with E-state index in [1.165, 1.54) is 6.07 Å². The molecule has 1 amide bonds. The third-order valence-corrected chi connectivity index (χ3v) is 3.10. The first-order valence-corrected chi connectivity index (χ1v) is 6.77. The van der Waals surface area contributed by atoms with Gasteiger partial charge in [0.15, 0.2) is 0 Å². The average Bonchev–Trinajstić information content (AvgIpc) is 2.43. The smallest absolute Gasteiger partial charge is 0.305 e. The fraction of sp³-hybridized carbons (Fsp3) is 0.500. The second-order valence-corrected chi connectivity index (χ2v) is 4.73. The third kappa shape index (κ3) is 3.94. The molecule has 0 fully saturated rings. The number of hydrogen-bond acceptors (Lipinski definition) is 4. The molecule has 0 saturated carbocycles. The highest BCUT2D eigenvalue weighted by Gasteiger charge is 2.24. The topological polar surface area (TPSA) is 84.3 Å². The molecule has 0 radical (unpaired) electrons. The van der Waals surface area contributed by atoms with E-state index in [2.05, 4.69) is 17.6 Å². The summed E-state index contributed by atoms with van der Waals surface area (Å²) in [6.07, 6.45) is 2.93. The van der Waals surface area contributed by atoms with Crippen LogP contribution in [0.4, 0.5) is 11.4 Å². The van der Waals surface area contributed by atoms with E-state index in [9.17, 15) is 14.9 Å². The van der Waals surface area contributed by atoms with Gasteiger partial charge >= 0.3 is 5.69 Å². The summed E-state index contributed by atoms with van der Waals surface area (Å²) in [5, 5.41) is 16.7. The number of carbonyl (C=O) groups excluding carboxylic acids is 1. The van der Waals surface area contributed by atoms with E-state index in [4.69, 9.17) is 0 Å². The fourth-order valence-electron chi connectivity index (χ4n) is 2.01. The average molecular weight is 279 g/mol. The molecule has 0 heterocycles. The van der Waals surface area contributed by atoms with Gasteiger partial charge in [0.1, 0.15) is 11.3 Å². The molecule has 110 valence electrons. The summed E-state index contributed by atoms with van der Waals surface area (Å²) in [4.78, 5) is 22.8. The van der Waals surface area contributed by atoms with Gasteiger partial charge in [0.25, 0.3) is 5.91 Å². The number of amides is 1. The van der Waals surface area contributed by atoms with Crippen LogP contribution in [-0.2, 0) is 0 Å². The zero-order chi connectivity index (χ0) is 15.1. The number of para-hydroxylation sites is 1. The molecule has 0 aliphatic heterocycles. The molecule has 20 heavy (non-hydrogen) atoms. The lowest BCUT2D eigenvalue weighted by molar-refractivity contribution is -0.384. The lowest BCUT2D eigenvalue weighted by atomic mass is 10.1. The monoisotopic (exact) mass is 279 g/mol. The van der Waals surface area contributed by atoms with Crippen molar-refractivity contribution < 1.29 is 9.72 Å². The standard InChI is InChI=1S/C14H21N3O3/c1-4-5-7-10(2)16-14(18)11-8-6-9-12(15-3)13(11)17(19)20/h6,8-10,15H,4-5,7H2,1-3H3,(H,16,18). The minimum absolute atomic E-state index is 0.000274. The normalized spacial score (nSPS) is 11.8. The van der Waals surface area contributed by atoms with Gasteiger partial charge in [-0.05, 0) is 25.5 Å². The summed E-state index contributed by atoms with van der Waals surface area (Å²) in [7, 11) is 1.59. The van der Waals surface area contributed by atoms with Gasteiger partial charge in [-0.15, -0.1) is 0 Å². The van der Waals surface area contributed by atoms with E-state index in [1.807, 2.05) is 6.92 Å². The Bertz CT molecular complexity index is 489. The van der Waals surface area contributed by atoms with Crippen molar-refractivity contribution in [1.29, 1.82) is 0 Å². The van der Waals surface area contributed by atoms with Crippen LogP contribution in [0.2, 0.25) is 0 Å². The largest absolute Gasteiger partial charge is 0.383 e. The maximum Gasteiger partial charge on any atom is 0.305 e. The van der Waals surface area contributed by atoms with Crippen LogP contribution in [0.1, 0.15) is 43.5 Å².